The molecule has 1 aromatic heterocycles. The van der Waals surface area contributed by atoms with E-state index in [2.05, 4.69) is 10.3 Å². The molecular formula is C17H21ClN4O. The van der Waals surface area contributed by atoms with Crippen molar-refractivity contribution in [1.29, 1.82) is 0 Å². The van der Waals surface area contributed by atoms with Gasteiger partial charge in [-0.25, -0.2) is 4.79 Å². The smallest absolute Gasteiger partial charge is 0.322 e. The molecule has 5 nitrogen and oxygen atoms in total. The van der Waals surface area contributed by atoms with E-state index in [-0.39, 0.29) is 12.1 Å². The molecule has 0 aliphatic carbocycles. The Hall–Kier alpha value is -2.27. The standard InChI is InChI=1S/C17H21ClN4O/c1-12(13-7-9-19-10-8-13)22(4)17(23)20-15-11-14(18)5-6-16(15)21(2)3/h5-12H,1-4H3,(H,20,23)/t12-/m0/s1. The molecule has 2 aromatic rings. The van der Waals surface area contributed by atoms with Crippen molar-refractivity contribution in [2.24, 2.45) is 0 Å². The molecule has 0 radical (unpaired) electrons. The lowest BCUT2D eigenvalue weighted by Gasteiger charge is -2.27. The number of aromatic nitrogens is 1. The SMILES string of the molecule is C[C@@H](c1ccncc1)N(C)C(=O)Nc1cc(Cl)ccc1N(C)C. The normalized spacial score (nSPS) is 11.7. The van der Waals surface area contributed by atoms with Gasteiger partial charge in [-0.15, -0.1) is 0 Å². The maximum atomic E-state index is 12.6. The van der Waals surface area contributed by atoms with E-state index in [1.54, 1.807) is 36.5 Å². The molecule has 2 rings (SSSR count). The van der Waals surface area contributed by atoms with Crippen LogP contribution in [0, 0.1) is 0 Å². The molecule has 1 aromatic carbocycles. The molecule has 23 heavy (non-hydrogen) atoms. The Kier molecular flexibility index (Phi) is 5.45. The summed E-state index contributed by atoms with van der Waals surface area (Å²) in [5, 5.41) is 3.51. The van der Waals surface area contributed by atoms with E-state index in [1.807, 2.05) is 44.1 Å². The number of pyridine rings is 1. The summed E-state index contributed by atoms with van der Waals surface area (Å²) in [6.07, 6.45) is 3.44. The molecule has 0 aliphatic heterocycles. The van der Waals surface area contributed by atoms with Crippen molar-refractivity contribution in [2.75, 3.05) is 31.4 Å². The highest BCUT2D eigenvalue weighted by Gasteiger charge is 2.18. The summed E-state index contributed by atoms with van der Waals surface area (Å²) in [4.78, 5) is 20.1. The molecule has 122 valence electrons. The van der Waals surface area contributed by atoms with Crippen LogP contribution in [0.4, 0.5) is 16.2 Å². The van der Waals surface area contributed by atoms with Crippen LogP contribution in [-0.2, 0) is 0 Å². The fraction of sp³-hybridized carbons (Fsp3) is 0.294. The van der Waals surface area contributed by atoms with E-state index in [9.17, 15) is 4.79 Å². The molecular weight excluding hydrogens is 312 g/mol. The molecule has 0 fully saturated rings. The van der Waals surface area contributed by atoms with Crippen LogP contribution in [0.25, 0.3) is 0 Å². The second-order valence-electron chi connectivity index (χ2n) is 5.55. The van der Waals surface area contributed by atoms with Gasteiger partial charge in [0.05, 0.1) is 17.4 Å². The first-order valence-electron chi connectivity index (χ1n) is 7.30. The van der Waals surface area contributed by atoms with Crippen molar-refractivity contribution in [3.63, 3.8) is 0 Å². The molecule has 6 heteroatoms. The largest absolute Gasteiger partial charge is 0.376 e. The molecule has 1 heterocycles. The number of anilines is 2. The zero-order valence-corrected chi connectivity index (χ0v) is 14.5. The van der Waals surface area contributed by atoms with E-state index in [1.165, 1.54) is 0 Å². The van der Waals surface area contributed by atoms with Crippen molar-refractivity contribution in [3.8, 4) is 0 Å². The Balaban J connectivity index is 2.17. The molecule has 0 aliphatic rings. The molecule has 1 N–H and O–H groups in total. The fourth-order valence-electron chi connectivity index (χ4n) is 2.24. The number of carbonyl (C=O) groups is 1. The minimum atomic E-state index is -0.195. The number of rotatable bonds is 4. The van der Waals surface area contributed by atoms with E-state index in [4.69, 9.17) is 11.6 Å². The summed E-state index contributed by atoms with van der Waals surface area (Å²) in [7, 11) is 5.60. The van der Waals surface area contributed by atoms with Crippen LogP contribution in [0.2, 0.25) is 5.02 Å². The van der Waals surface area contributed by atoms with Crippen LogP contribution in [0.5, 0.6) is 0 Å². The van der Waals surface area contributed by atoms with Gasteiger partial charge < -0.3 is 15.1 Å². The van der Waals surface area contributed by atoms with Crippen molar-refractivity contribution >= 4 is 29.0 Å². The number of amides is 2. The quantitative estimate of drug-likeness (QED) is 0.919. The Labute approximate surface area is 141 Å². The summed E-state index contributed by atoms with van der Waals surface area (Å²) >= 11 is 6.05. The molecule has 2 amide bonds. The molecule has 0 spiro atoms. The number of benzene rings is 1. The van der Waals surface area contributed by atoms with Crippen molar-refractivity contribution < 1.29 is 4.79 Å². The highest BCUT2D eigenvalue weighted by molar-refractivity contribution is 6.31. The predicted octanol–water partition coefficient (Wildman–Crippen LogP) is 4.03. The highest BCUT2D eigenvalue weighted by Crippen LogP contribution is 2.28. The third kappa shape index (κ3) is 4.13. The lowest BCUT2D eigenvalue weighted by Crippen LogP contribution is -2.34. The Morgan fingerprint density at radius 1 is 1.17 bits per heavy atom. The number of carbonyl (C=O) groups excluding carboxylic acids is 1. The summed E-state index contributed by atoms with van der Waals surface area (Å²) in [6.45, 7) is 1.97. The first kappa shape index (κ1) is 17.1. The van der Waals surface area contributed by atoms with Gasteiger partial charge in [0.15, 0.2) is 0 Å². The van der Waals surface area contributed by atoms with Gasteiger partial charge in [-0.2, -0.15) is 0 Å². The third-order valence-corrected chi connectivity index (χ3v) is 4.01. The van der Waals surface area contributed by atoms with Crippen LogP contribution in [0.3, 0.4) is 0 Å². The van der Waals surface area contributed by atoms with Crippen molar-refractivity contribution in [1.82, 2.24) is 9.88 Å². The second kappa shape index (κ2) is 7.33. The molecule has 1 atom stereocenters. The topological polar surface area (TPSA) is 48.5 Å². The Bertz CT molecular complexity index is 676. The maximum Gasteiger partial charge on any atom is 0.322 e. The van der Waals surface area contributed by atoms with Crippen LogP contribution >= 0.6 is 11.6 Å². The van der Waals surface area contributed by atoms with Crippen molar-refractivity contribution in [2.45, 2.75) is 13.0 Å². The number of urea groups is 1. The molecule has 0 bridgehead atoms. The van der Waals surface area contributed by atoms with Gasteiger partial charge in [0.25, 0.3) is 0 Å². The molecule has 0 saturated heterocycles. The number of hydrogen-bond donors (Lipinski definition) is 1. The zero-order chi connectivity index (χ0) is 17.0. The van der Waals surface area contributed by atoms with E-state index in [0.29, 0.717) is 10.7 Å². The lowest BCUT2D eigenvalue weighted by atomic mass is 10.1. The lowest BCUT2D eigenvalue weighted by molar-refractivity contribution is 0.208. The summed E-state index contributed by atoms with van der Waals surface area (Å²) < 4.78 is 0. The predicted molar refractivity (Wildman–Crippen MR) is 95.2 cm³/mol. The van der Waals surface area contributed by atoms with Crippen LogP contribution < -0.4 is 10.2 Å². The number of nitrogens with zero attached hydrogens (tertiary/aromatic N) is 3. The van der Waals surface area contributed by atoms with Crippen LogP contribution in [0.1, 0.15) is 18.5 Å². The first-order chi connectivity index (χ1) is 10.9. The van der Waals surface area contributed by atoms with Gasteiger partial charge in [-0.05, 0) is 42.8 Å². The monoisotopic (exact) mass is 332 g/mol. The van der Waals surface area contributed by atoms with Gasteiger partial charge in [0.2, 0.25) is 0 Å². The van der Waals surface area contributed by atoms with Gasteiger partial charge >= 0.3 is 6.03 Å². The summed E-state index contributed by atoms with van der Waals surface area (Å²) in [5.41, 5.74) is 2.60. The number of hydrogen-bond acceptors (Lipinski definition) is 3. The third-order valence-electron chi connectivity index (χ3n) is 3.77. The van der Waals surface area contributed by atoms with Crippen LogP contribution in [0.15, 0.2) is 42.7 Å². The summed E-state index contributed by atoms with van der Waals surface area (Å²) in [5.74, 6) is 0. The molecule has 0 unspecified atom stereocenters. The minimum Gasteiger partial charge on any atom is -0.376 e. The second-order valence-corrected chi connectivity index (χ2v) is 5.99. The van der Waals surface area contributed by atoms with Gasteiger partial charge in [-0.1, -0.05) is 11.6 Å². The van der Waals surface area contributed by atoms with Crippen molar-refractivity contribution in [3.05, 3.63) is 53.3 Å². The average molecular weight is 333 g/mol. The van der Waals surface area contributed by atoms with Gasteiger partial charge in [0, 0.05) is 38.6 Å². The first-order valence-corrected chi connectivity index (χ1v) is 7.68. The van der Waals surface area contributed by atoms with E-state index in [0.717, 1.165) is 11.3 Å². The fourth-order valence-corrected chi connectivity index (χ4v) is 2.42. The zero-order valence-electron chi connectivity index (χ0n) is 13.7. The molecule has 0 saturated carbocycles. The maximum absolute atomic E-state index is 12.6. The average Bonchev–Trinajstić information content (AvgIpc) is 2.54. The van der Waals surface area contributed by atoms with Gasteiger partial charge in [0.1, 0.15) is 0 Å². The minimum absolute atomic E-state index is 0.0695. The summed E-state index contributed by atoms with van der Waals surface area (Å²) in [6, 6.07) is 8.97. The van der Waals surface area contributed by atoms with Gasteiger partial charge in [-0.3, -0.25) is 4.98 Å². The Morgan fingerprint density at radius 2 is 1.83 bits per heavy atom. The Morgan fingerprint density at radius 3 is 2.43 bits per heavy atom. The number of halogens is 1. The number of nitrogens with one attached hydrogen (secondary N) is 1. The highest BCUT2D eigenvalue weighted by atomic mass is 35.5. The van der Waals surface area contributed by atoms with E-state index >= 15 is 0 Å². The van der Waals surface area contributed by atoms with E-state index < -0.39 is 0 Å². The van der Waals surface area contributed by atoms with Crippen LogP contribution in [-0.4, -0.2) is 37.1 Å².